The third-order valence-corrected chi connectivity index (χ3v) is 5.51. The second kappa shape index (κ2) is 6.53. The molecule has 4 nitrogen and oxygen atoms in total. The van der Waals surface area contributed by atoms with Crippen LogP contribution in [0.25, 0.3) is 0 Å². The fourth-order valence-corrected chi connectivity index (χ4v) is 4.70. The molecule has 2 rings (SSSR count). The summed E-state index contributed by atoms with van der Waals surface area (Å²) in [5.41, 5.74) is 2.82. The first-order valence-electron chi connectivity index (χ1n) is 8.50. The standard InChI is InChI=1S/C17H34N2O2/c1-16(2)11-13(17(3,4)21-16)14(19-18)15(20-5)12-9-7-6-8-10-12/h12-15,19H,6-11,18H2,1-5H3. The largest absolute Gasteiger partial charge is 0.379 e. The van der Waals surface area contributed by atoms with Gasteiger partial charge >= 0.3 is 0 Å². The molecule has 124 valence electrons. The molecule has 0 aromatic carbocycles. The second-order valence-electron chi connectivity index (χ2n) is 8.07. The number of nitrogens with two attached hydrogens (primary N) is 1. The Labute approximate surface area is 130 Å². The third kappa shape index (κ3) is 3.79. The van der Waals surface area contributed by atoms with Gasteiger partial charge in [-0.1, -0.05) is 19.3 Å². The zero-order valence-electron chi connectivity index (χ0n) is 14.4. The molecule has 3 N–H and O–H groups in total. The van der Waals surface area contributed by atoms with Gasteiger partial charge in [0.15, 0.2) is 0 Å². The van der Waals surface area contributed by atoms with Gasteiger partial charge in [-0.25, -0.2) is 0 Å². The molecule has 0 bridgehead atoms. The van der Waals surface area contributed by atoms with Crippen LogP contribution in [0.4, 0.5) is 0 Å². The quantitative estimate of drug-likeness (QED) is 0.605. The van der Waals surface area contributed by atoms with Crippen molar-refractivity contribution in [3.63, 3.8) is 0 Å². The zero-order valence-corrected chi connectivity index (χ0v) is 14.4. The molecule has 0 radical (unpaired) electrons. The topological polar surface area (TPSA) is 56.5 Å². The molecule has 3 unspecified atom stereocenters. The minimum absolute atomic E-state index is 0.0892. The van der Waals surface area contributed by atoms with Crippen LogP contribution in [-0.4, -0.2) is 30.5 Å². The van der Waals surface area contributed by atoms with Gasteiger partial charge in [-0.2, -0.15) is 0 Å². The van der Waals surface area contributed by atoms with Crippen LogP contribution >= 0.6 is 0 Å². The summed E-state index contributed by atoms with van der Waals surface area (Å²) < 4.78 is 12.2. The average molecular weight is 298 g/mol. The maximum atomic E-state index is 6.26. The van der Waals surface area contributed by atoms with Crippen molar-refractivity contribution in [1.29, 1.82) is 0 Å². The molecule has 0 aromatic rings. The first kappa shape index (κ1) is 17.2. The molecule has 3 atom stereocenters. The Morgan fingerprint density at radius 3 is 2.19 bits per heavy atom. The number of ether oxygens (including phenoxy) is 2. The highest BCUT2D eigenvalue weighted by Crippen LogP contribution is 2.45. The molecule has 21 heavy (non-hydrogen) atoms. The Morgan fingerprint density at radius 1 is 1.14 bits per heavy atom. The summed E-state index contributed by atoms with van der Waals surface area (Å²) >= 11 is 0. The van der Waals surface area contributed by atoms with Gasteiger partial charge in [-0.3, -0.25) is 11.3 Å². The maximum Gasteiger partial charge on any atom is 0.0769 e. The van der Waals surface area contributed by atoms with Gasteiger partial charge in [0, 0.05) is 13.0 Å². The number of hydrogen-bond donors (Lipinski definition) is 2. The molecule has 0 aromatic heterocycles. The van der Waals surface area contributed by atoms with Gasteiger partial charge in [0.2, 0.25) is 0 Å². The number of methoxy groups -OCH3 is 1. The van der Waals surface area contributed by atoms with Crippen molar-refractivity contribution in [2.24, 2.45) is 17.7 Å². The predicted octanol–water partition coefficient (Wildman–Crippen LogP) is 3.01. The fraction of sp³-hybridized carbons (Fsp3) is 1.00. The van der Waals surface area contributed by atoms with Crippen LogP contribution in [0.2, 0.25) is 0 Å². The second-order valence-corrected chi connectivity index (χ2v) is 8.07. The van der Waals surface area contributed by atoms with Gasteiger partial charge in [0.25, 0.3) is 0 Å². The molecule has 1 heterocycles. The summed E-state index contributed by atoms with van der Waals surface area (Å²) in [6.07, 6.45) is 7.70. The van der Waals surface area contributed by atoms with E-state index >= 15 is 0 Å². The minimum atomic E-state index is -0.175. The van der Waals surface area contributed by atoms with Crippen molar-refractivity contribution in [2.75, 3.05) is 7.11 Å². The molecule has 4 heteroatoms. The Hall–Kier alpha value is -0.160. The van der Waals surface area contributed by atoms with E-state index in [2.05, 4.69) is 33.1 Å². The summed E-state index contributed by atoms with van der Waals surface area (Å²) in [6.45, 7) is 8.71. The zero-order chi connectivity index (χ0) is 15.7. The number of hydrazine groups is 1. The number of hydrogen-bond acceptors (Lipinski definition) is 4. The molecular weight excluding hydrogens is 264 g/mol. The summed E-state index contributed by atoms with van der Waals surface area (Å²) in [4.78, 5) is 0. The van der Waals surface area contributed by atoms with Crippen molar-refractivity contribution in [3.05, 3.63) is 0 Å². The minimum Gasteiger partial charge on any atom is -0.379 e. The van der Waals surface area contributed by atoms with Gasteiger partial charge in [-0.05, 0) is 52.9 Å². The summed E-state index contributed by atoms with van der Waals surface area (Å²) in [5, 5.41) is 0. The molecule has 1 saturated heterocycles. The summed E-state index contributed by atoms with van der Waals surface area (Å²) in [6, 6.07) is 0.148. The molecular formula is C17H34N2O2. The van der Waals surface area contributed by atoms with Gasteiger partial charge in [0.05, 0.1) is 23.3 Å². The molecule has 2 aliphatic rings. The van der Waals surface area contributed by atoms with Crippen molar-refractivity contribution in [2.45, 2.75) is 89.6 Å². The van der Waals surface area contributed by atoms with Crippen LogP contribution in [0, 0.1) is 11.8 Å². The SMILES string of the molecule is COC(C1CCCCC1)C(NN)C1CC(C)(C)OC1(C)C. The van der Waals surface area contributed by atoms with E-state index in [4.69, 9.17) is 15.3 Å². The van der Waals surface area contributed by atoms with E-state index in [1.165, 1.54) is 32.1 Å². The van der Waals surface area contributed by atoms with Crippen molar-refractivity contribution in [3.8, 4) is 0 Å². The molecule has 0 amide bonds. The Kier molecular flexibility index (Phi) is 5.35. The lowest BCUT2D eigenvalue weighted by Gasteiger charge is -2.40. The summed E-state index contributed by atoms with van der Waals surface area (Å²) in [7, 11) is 1.83. The highest BCUT2D eigenvalue weighted by molar-refractivity contribution is 5.02. The fourth-order valence-electron chi connectivity index (χ4n) is 4.70. The Morgan fingerprint density at radius 2 is 1.76 bits per heavy atom. The molecule has 2 fully saturated rings. The van der Waals surface area contributed by atoms with E-state index < -0.39 is 0 Å². The van der Waals surface area contributed by atoms with E-state index in [-0.39, 0.29) is 23.3 Å². The molecule has 1 aliphatic carbocycles. The van der Waals surface area contributed by atoms with Crippen molar-refractivity contribution < 1.29 is 9.47 Å². The van der Waals surface area contributed by atoms with Crippen LogP contribution in [0.3, 0.4) is 0 Å². The van der Waals surface area contributed by atoms with Gasteiger partial charge < -0.3 is 9.47 Å². The monoisotopic (exact) mass is 298 g/mol. The summed E-state index contributed by atoms with van der Waals surface area (Å²) in [5.74, 6) is 6.94. The smallest absolute Gasteiger partial charge is 0.0769 e. The maximum absolute atomic E-state index is 6.26. The van der Waals surface area contributed by atoms with Crippen LogP contribution in [-0.2, 0) is 9.47 Å². The van der Waals surface area contributed by atoms with E-state index in [0.29, 0.717) is 11.8 Å². The Balaban J connectivity index is 2.16. The molecule has 1 saturated carbocycles. The molecule has 1 aliphatic heterocycles. The van der Waals surface area contributed by atoms with Crippen LogP contribution in [0.15, 0.2) is 0 Å². The van der Waals surface area contributed by atoms with E-state index in [9.17, 15) is 0 Å². The first-order chi connectivity index (χ1) is 9.80. The van der Waals surface area contributed by atoms with Crippen LogP contribution in [0.5, 0.6) is 0 Å². The normalized spacial score (nSPS) is 32.0. The highest BCUT2D eigenvalue weighted by atomic mass is 16.5. The average Bonchev–Trinajstić information content (AvgIpc) is 2.64. The Bertz CT molecular complexity index is 338. The van der Waals surface area contributed by atoms with Crippen LogP contribution in [0.1, 0.15) is 66.2 Å². The lowest BCUT2D eigenvalue weighted by Crippen LogP contribution is -2.56. The highest BCUT2D eigenvalue weighted by Gasteiger charge is 2.51. The van der Waals surface area contributed by atoms with E-state index in [0.717, 1.165) is 6.42 Å². The molecule has 0 spiro atoms. The third-order valence-electron chi connectivity index (χ3n) is 5.51. The lowest BCUT2D eigenvalue weighted by atomic mass is 9.74. The van der Waals surface area contributed by atoms with Crippen LogP contribution < -0.4 is 11.3 Å². The first-order valence-corrected chi connectivity index (χ1v) is 8.50. The van der Waals surface area contributed by atoms with Crippen molar-refractivity contribution in [1.82, 2.24) is 5.43 Å². The van der Waals surface area contributed by atoms with E-state index in [1.54, 1.807) is 0 Å². The number of nitrogens with one attached hydrogen (secondary N) is 1. The number of rotatable bonds is 5. The lowest BCUT2D eigenvalue weighted by molar-refractivity contribution is -0.0892. The predicted molar refractivity (Wildman–Crippen MR) is 85.8 cm³/mol. The van der Waals surface area contributed by atoms with Gasteiger partial charge in [0.1, 0.15) is 0 Å². The van der Waals surface area contributed by atoms with E-state index in [1.807, 2.05) is 7.11 Å². The van der Waals surface area contributed by atoms with Crippen molar-refractivity contribution >= 4 is 0 Å². The van der Waals surface area contributed by atoms with Gasteiger partial charge in [-0.15, -0.1) is 0 Å².